The van der Waals surface area contributed by atoms with Crippen molar-refractivity contribution in [2.24, 2.45) is 0 Å². The summed E-state index contributed by atoms with van der Waals surface area (Å²) < 4.78 is 44.3. The van der Waals surface area contributed by atoms with E-state index in [2.05, 4.69) is 32.6 Å². The minimum Gasteiger partial charge on any atom is -0.461 e. The van der Waals surface area contributed by atoms with Crippen LogP contribution in [0.1, 0.15) is 56.9 Å². The molecule has 0 spiro atoms. The maximum absolute atomic E-state index is 17.0. The Morgan fingerprint density at radius 1 is 1.08 bits per heavy atom. The molecule has 2 aromatic heterocycles. The van der Waals surface area contributed by atoms with Crippen molar-refractivity contribution in [2.75, 3.05) is 50.8 Å². The van der Waals surface area contributed by atoms with Gasteiger partial charge in [0, 0.05) is 68.0 Å². The third-order valence-electron chi connectivity index (χ3n) is 12.0. The number of hydrogen-bond donors (Lipinski definition) is 1. The number of nitrogens with zero attached hydrogens (tertiary/aromatic N) is 6. The van der Waals surface area contributed by atoms with E-state index < -0.39 is 11.6 Å². The summed E-state index contributed by atoms with van der Waals surface area (Å²) in [4.78, 5) is 33.4. The van der Waals surface area contributed by atoms with Crippen molar-refractivity contribution >= 4 is 33.6 Å². The van der Waals surface area contributed by atoms with Crippen LogP contribution in [-0.4, -0.2) is 100 Å². The summed E-state index contributed by atoms with van der Waals surface area (Å²) in [6.45, 7) is 8.52. The monoisotopic (exact) mass is 719 g/mol. The average Bonchev–Trinajstić information content (AvgIpc) is 3.81. The maximum atomic E-state index is 17.0. The number of pyridine rings is 1. The van der Waals surface area contributed by atoms with Crippen molar-refractivity contribution < 1.29 is 23.0 Å². The minimum absolute atomic E-state index is 0.0239. The molecule has 1 amide bonds. The first-order chi connectivity index (χ1) is 25.8. The average molecular weight is 720 g/mol. The third kappa shape index (κ3) is 6.04. The molecule has 2 bridgehead atoms. The summed E-state index contributed by atoms with van der Waals surface area (Å²) in [5, 5.41) is 5.24. The van der Waals surface area contributed by atoms with Crippen LogP contribution in [-0.2, 0) is 4.74 Å². The summed E-state index contributed by atoms with van der Waals surface area (Å²) >= 11 is 0. The van der Waals surface area contributed by atoms with Gasteiger partial charge < -0.3 is 24.6 Å². The number of carbonyl (C=O) groups is 1. The molecule has 2 aromatic carbocycles. The number of nitrogens with one attached hydrogen (secondary N) is 1. The molecule has 0 saturated carbocycles. The second-order valence-electron chi connectivity index (χ2n) is 15.4. The number of amides is 1. The van der Waals surface area contributed by atoms with E-state index in [1.54, 1.807) is 24.4 Å². The van der Waals surface area contributed by atoms with Crippen molar-refractivity contribution in [3.8, 4) is 29.6 Å². The summed E-state index contributed by atoms with van der Waals surface area (Å²) in [6.07, 6.45) is 14.8. The zero-order valence-electron chi connectivity index (χ0n) is 29.8. The molecule has 1 N–H and O–H groups in total. The van der Waals surface area contributed by atoms with Crippen molar-refractivity contribution in [1.29, 1.82) is 0 Å². The highest BCUT2D eigenvalue weighted by molar-refractivity contribution is 6.02. The van der Waals surface area contributed by atoms with Crippen LogP contribution >= 0.6 is 0 Å². The molecular formula is C41H43F2N7O3. The zero-order chi connectivity index (χ0) is 36.3. The van der Waals surface area contributed by atoms with Crippen LogP contribution in [0.5, 0.6) is 6.01 Å². The lowest BCUT2D eigenvalue weighted by Crippen LogP contribution is -2.51. The Morgan fingerprint density at radius 3 is 2.68 bits per heavy atom. The van der Waals surface area contributed by atoms with Crippen LogP contribution in [0.2, 0.25) is 0 Å². The highest BCUT2D eigenvalue weighted by Crippen LogP contribution is 2.45. The van der Waals surface area contributed by atoms with Crippen molar-refractivity contribution in [3.05, 3.63) is 65.9 Å². The first-order valence-corrected chi connectivity index (χ1v) is 18.8. The highest BCUT2D eigenvalue weighted by atomic mass is 19.1. The second-order valence-corrected chi connectivity index (χ2v) is 15.4. The summed E-state index contributed by atoms with van der Waals surface area (Å²) in [6, 6.07) is 8.99. The summed E-state index contributed by atoms with van der Waals surface area (Å²) in [7, 11) is 0. The van der Waals surface area contributed by atoms with E-state index in [-0.39, 0.29) is 47.1 Å². The van der Waals surface area contributed by atoms with Gasteiger partial charge in [0.25, 0.3) is 0 Å². The topological polar surface area (TPSA) is 96.0 Å². The lowest BCUT2D eigenvalue weighted by molar-refractivity contribution is 0.0422. The predicted molar refractivity (Wildman–Crippen MR) is 199 cm³/mol. The van der Waals surface area contributed by atoms with Crippen molar-refractivity contribution in [1.82, 2.24) is 30.1 Å². The standard InChI is InChI=1S/C41H43F2N7O3/c1-3-30-33(42)13-10-26-8-7-9-31(34(26)30)36-35(43)37-32(19-44-36)38(49-21-27-11-12-28(22-49)45-27)47-39(46-37)53-24-41-15-14-29(50(41)20-25(2)18-41)23-52-40(51)48-16-5-4-6-17-48/h1,7-10,13,19,27-29,45H,2,4-6,11-12,14-18,20-24H2/t27-,28+,29-,41-/m0/s1. The Balaban J connectivity index is 1.05. The number of piperidine rings is 1. The minimum atomic E-state index is -0.653. The number of aromatic nitrogens is 3. The molecule has 5 saturated heterocycles. The fourth-order valence-corrected chi connectivity index (χ4v) is 9.46. The van der Waals surface area contributed by atoms with Gasteiger partial charge in [-0.3, -0.25) is 9.88 Å². The van der Waals surface area contributed by atoms with E-state index in [4.69, 9.17) is 25.9 Å². The van der Waals surface area contributed by atoms with Gasteiger partial charge in [0.05, 0.1) is 16.5 Å². The SMILES string of the molecule is C#Cc1c(F)ccc2cccc(-c3ncc4c(N5C[C@H]6CC[C@@H](C5)N6)nc(OC[C@@]56CC[C@@H](COC(=O)N7CCCCC7)N5CC(=C)C6)nc4c3F)c12. The fourth-order valence-electron chi connectivity index (χ4n) is 9.46. The van der Waals surface area contributed by atoms with E-state index in [9.17, 15) is 9.18 Å². The van der Waals surface area contributed by atoms with Crippen molar-refractivity contribution in [3.63, 3.8) is 0 Å². The first-order valence-electron chi connectivity index (χ1n) is 18.8. The second kappa shape index (κ2) is 13.5. The molecule has 5 fully saturated rings. The molecular weight excluding hydrogens is 676 g/mol. The van der Waals surface area contributed by atoms with Gasteiger partial charge in [-0.15, -0.1) is 6.42 Å². The Kier molecular flexibility index (Phi) is 8.66. The molecule has 0 unspecified atom stereocenters. The Morgan fingerprint density at radius 2 is 1.89 bits per heavy atom. The molecule has 5 aliphatic rings. The fraction of sp³-hybridized carbons (Fsp3) is 0.463. The van der Waals surface area contributed by atoms with Crippen LogP contribution in [0, 0.1) is 24.0 Å². The number of rotatable bonds is 7. The molecule has 5 aliphatic heterocycles. The van der Waals surface area contributed by atoms with Gasteiger partial charge in [-0.05, 0) is 62.8 Å². The van der Waals surface area contributed by atoms with Crippen LogP contribution < -0.4 is 15.0 Å². The molecule has 7 heterocycles. The smallest absolute Gasteiger partial charge is 0.409 e. The molecule has 53 heavy (non-hydrogen) atoms. The number of terminal acetylenes is 1. The Hall–Kier alpha value is -4.86. The van der Waals surface area contributed by atoms with Gasteiger partial charge in [-0.25, -0.2) is 13.6 Å². The van der Waals surface area contributed by atoms with Gasteiger partial charge in [0.2, 0.25) is 0 Å². The third-order valence-corrected chi connectivity index (χ3v) is 12.0. The molecule has 274 valence electrons. The number of fused-ring (bicyclic) bond motifs is 5. The van der Waals surface area contributed by atoms with Gasteiger partial charge in [-0.2, -0.15) is 9.97 Å². The number of halogens is 2. The highest BCUT2D eigenvalue weighted by Gasteiger charge is 2.51. The number of benzene rings is 2. The zero-order valence-corrected chi connectivity index (χ0v) is 29.8. The van der Waals surface area contributed by atoms with E-state index in [0.717, 1.165) is 83.1 Å². The molecule has 9 rings (SSSR count). The van der Waals surface area contributed by atoms with Gasteiger partial charge in [0.1, 0.15) is 36.1 Å². The van der Waals surface area contributed by atoms with Crippen LogP contribution in [0.25, 0.3) is 32.9 Å². The quantitative estimate of drug-likeness (QED) is 0.177. The molecule has 12 heteroatoms. The summed E-state index contributed by atoms with van der Waals surface area (Å²) in [5.41, 5.74) is 1.27. The van der Waals surface area contributed by atoms with E-state index in [1.807, 2.05) is 11.0 Å². The van der Waals surface area contributed by atoms with E-state index >= 15 is 4.39 Å². The van der Waals surface area contributed by atoms with Crippen LogP contribution in [0.4, 0.5) is 19.4 Å². The first kappa shape index (κ1) is 33.9. The summed E-state index contributed by atoms with van der Waals surface area (Å²) in [5.74, 6) is 1.82. The Bertz CT molecular complexity index is 2160. The van der Waals surface area contributed by atoms with Crippen LogP contribution in [0.15, 0.2) is 48.7 Å². The number of carbonyl (C=O) groups excluding carboxylic acids is 1. The van der Waals surface area contributed by atoms with Gasteiger partial charge in [-0.1, -0.05) is 42.3 Å². The molecule has 10 nitrogen and oxygen atoms in total. The van der Waals surface area contributed by atoms with Crippen molar-refractivity contribution in [2.45, 2.75) is 75.0 Å². The number of piperazine rings is 1. The number of anilines is 1. The number of likely N-dealkylation sites (tertiary alicyclic amines) is 1. The van der Waals surface area contributed by atoms with Crippen LogP contribution in [0.3, 0.4) is 0 Å². The van der Waals surface area contributed by atoms with Gasteiger partial charge in [0.15, 0.2) is 5.82 Å². The molecule has 4 aromatic rings. The van der Waals surface area contributed by atoms with Gasteiger partial charge >= 0.3 is 12.1 Å². The maximum Gasteiger partial charge on any atom is 0.409 e. The Labute approximate surface area is 307 Å². The number of ether oxygens (including phenoxy) is 2. The van der Waals surface area contributed by atoms with E-state index in [1.165, 1.54) is 6.07 Å². The molecule has 0 aliphatic carbocycles. The number of hydrogen-bond acceptors (Lipinski definition) is 9. The molecule has 0 radical (unpaired) electrons. The molecule has 4 atom stereocenters. The van der Waals surface area contributed by atoms with E-state index in [0.29, 0.717) is 52.8 Å². The normalized spacial score (nSPS) is 25.6. The largest absolute Gasteiger partial charge is 0.461 e. The predicted octanol–water partition coefficient (Wildman–Crippen LogP) is 6.21. The lowest BCUT2D eigenvalue weighted by Gasteiger charge is -2.35. The lowest BCUT2D eigenvalue weighted by atomic mass is 9.94.